The number of aromatic nitrogens is 4. The van der Waals surface area contributed by atoms with Gasteiger partial charge < -0.3 is 18.3 Å². The van der Waals surface area contributed by atoms with E-state index in [4.69, 9.17) is 6.57 Å². The molecule has 16 aromatic carbocycles. The Balaban J connectivity index is 0.000000156. The van der Waals surface area contributed by atoms with Crippen molar-refractivity contribution in [2.24, 2.45) is 0 Å². The average Bonchev–Trinajstić information content (AvgIpc) is 1.58. The molecule has 0 atom stereocenters. The molecule has 0 aliphatic carbocycles. The Kier molecular flexibility index (Phi) is 17.7. The highest BCUT2D eigenvalue weighted by Gasteiger charge is 2.33. The lowest BCUT2D eigenvalue weighted by Crippen LogP contribution is -2.08. The van der Waals surface area contributed by atoms with Gasteiger partial charge in [0.1, 0.15) is 6.07 Å². The van der Waals surface area contributed by atoms with Crippen LogP contribution in [0, 0.1) is 80.2 Å². The number of aryl methyl sites for hydroxylation is 9. The molecular formula is C108H79F3N6. The van der Waals surface area contributed by atoms with Crippen molar-refractivity contribution in [3.63, 3.8) is 0 Å². The molecule has 20 aromatic rings. The predicted molar refractivity (Wildman–Crippen MR) is 481 cm³/mol. The van der Waals surface area contributed by atoms with Gasteiger partial charge in [0.25, 0.3) is 0 Å². The van der Waals surface area contributed by atoms with Crippen LogP contribution in [0.3, 0.4) is 0 Å². The first-order chi connectivity index (χ1) is 56.7. The van der Waals surface area contributed by atoms with E-state index in [0.29, 0.717) is 33.8 Å². The molecule has 6 nitrogen and oxygen atoms in total. The van der Waals surface area contributed by atoms with Gasteiger partial charge in [0.05, 0.1) is 84.6 Å². The second kappa shape index (κ2) is 28.5. The number of nitriles is 1. The van der Waals surface area contributed by atoms with Crippen LogP contribution in [0.1, 0.15) is 61.2 Å². The van der Waals surface area contributed by atoms with E-state index >= 15 is 0 Å². The number of hydrogen-bond donors (Lipinski definition) is 0. The Labute approximate surface area is 677 Å². The van der Waals surface area contributed by atoms with Gasteiger partial charge in [-0.15, -0.1) is 0 Å². The fourth-order valence-corrected chi connectivity index (χ4v) is 18.5. The summed E-state index contributed by atoms with van der Waals surface area (Å²) < 4.78 is 53.4. The van der Waals surface area contributed by atoms with E-state index < -0.39 is 11.7 Å². The zero-order valence-electron chi connectivity index (χ0n) is 66.3. The fourth-order valence-electron chi connectivity index (χ4n) is 18.5. The molecule has 0 radical (unpaired) electrons. The first-order valence-corrected chi connectivity index (χ1v) is 39.6. The van der Waals surface area contributed by atoms with Crippen LogP contribution >= 0.6 is 0 Å². The molecule has 0 bridgehead atoms. The highest BCUT2D eigenvalue weighted by molar-refractivity contribution is 6.16. The number of rotatable bonds is 10. The number of nitrogens with zero attached hydrogens (tertiary/aromatic N) is 6. The molecule has 0 N–H and O–H groups in total. The Morgan fingerprint density at radius 2 is 0.632 bits per heavy atom. The number of halogens is 3. The van der Waals surface area contributed by atoms with Gasteiger partial charge in [0.2, 0.25) is 5.69 Å². The van der Waals surface area contributed by atoms with Gasteiger partial charge in [0, 0.05) is 59.8 Å². The van der Waals surface area contributed by atoms with E-state index in [0.717, 1.165) is 133 Å². The van der Waals surface area contributed by atoms with Crippen LogP contribution in [0.2, 0.25) is 0 Å². The second-order valence-electron chi connectivity index (χ2n) is 31.6. The SMILES string of the molecule is Cc1cc(C)cc(-c2ccc3c(c2)c2ccccc2n3-c2ccc(C)cc2-c2cccc(C#N)c2-n2c3ccccc3c3cc(-c4cc(C)cc(C)c4)ccc32)c1.[C-]#[N+]c1cccc(-c2cc(C(F)(F)F)ccc2-n2c3ccccc3c3cc(-c4ccc(C)cc4C)ccc32)c1-n1c2ccccc2c2cc(-c3ccc(C)cc3C)ccc21. The van der Waals surface area contributed by atoms with Gasteiger partial charge in [-0.2, -0.15) is 18.4 Å². The van der Waals surface area contributed by atoms with Crippen LogP contribution in [-0.2, 0) is 6.18 Å². The van der Waals surface area contributed by atoms with Crippen LogP contribution in [0.4, 0.5) is 18.9 Å². The zero-order valence-corrected chi connectivity index (χ0v) is 66.3. The summed E-state index contributed by atoms with van der Waals surface area (Å²) in [5.41, 5.74) is 34.2. The largest absolute Gasteiger partial charge is 0.416 e. The van der Waals surface area contributed by atoms with Crippen molar-refractivity contribution in [1.82, 2.24) is 18.3 Å². The van der Waals surface area contributed by atoms with E-state index in [1.807, 2.05) is 54.6 Å². The second-order valence-corrected chi connectivity index (χ2v) is 31.6. The van der Waals surface area contributed by atoms with Gasteiger partial charge in [0.15, 0.2) is 0 Å². The van der Waals surface area contributed by atoms with Gasteiger partial charge in [-0.1, -0.05) is 245 Å². The van der Waals surface area contributed by atoms with Crippen LogP contribution in [0.15, 0.2) is 315 Å². The van der Waals surface area contributed by atoms with Gasteiger partial charge in [-0.25, -0.2) is 4.85 Å². The summed E-state index contributed by atoms with van der Waals surface area (Å²) in [6, 6.07) is 111. The summed E-state index contributed by atoms with van der Waals surface area (Å²) in [7, 11) is 0. The van der Waals surface area contributed by atoms with Crippen molar-refractivity contribution in [1.29, 1.82) is 5.26 Å². The Hall–Kier alpha value is -14.5. The van der Waals surface area contributed by atoms with Gasteiger partial charge in [-0.05, 0) is 233 Å². The molecule has 0 unspecified atom stereocenters. The molecule has 0 aliphatic rings. The van der Waals surface area contributed by atoms with Crippen molar-refractivity contribution < 1.29 is 13.2 Å². The Bertz CT molecular complexity index is 7600. The van der Waals surface area contributed by atoms with Crippen molar-refractivity contribution >= 4 is 92.9 Å². The first-order valence-electron chi connectivity index (χ1n) is 39.6. The van der Waals surface area contributed by atoms with Crippen LogP contribution in [0.25, 0.3) is 182 Å². The Morgan fingerprint density at radius 1 is 0.274 bits per heavy atom. The van der Waals surface area contributed by atoms with Crippen molar-refractivity contribution in [3.05, 3.63) is 388 Å². The van der Waals surface area contributed by atoms with Crippen molar-refractivity contribution in [3.8, 4) is 95.6 Å². The average molecular weight is 1520 g/mol. The number of hydrogen-bond acceptors (Lipinski definition) is 1. The molecule has 0 fully saturated rings. The zero-order chi connectivity index (χ0) is 80.4. The predicted octanol–water partition coefficient (Wildman–Crippen LogP) is 30.0. The normalized spacial score (nSPS) is 11.7. The molecule has 0 amide bonds. The smallest absolute Gasteiger partial charge is 0.318 e. The highest BCUT2D eigenvalue weighted by atomic mass is 19.4. The number of para-hydroxylation sites is 6. The van der Waals surface area contributed by atoms with Gasteiger partial charge >= 0.3 is 6.18 Å². The minimum atomic E-state index is -4.61. The topological polar surface area (TPSA) is 47.9 Å². The molecule has 0 saturated carbocycles. The molecule has 0 aliphatic heterocycles. The molecule has 0 spiro atoms. The molecule has 0 saturated heterocycles. The minimum Gasteiger partial charge on any atom is -0.318 e. The van der Waals surface area contributed by atoms with Crippen molar-refractivity contribution in [2.75, 3.05) is 0 Å². The lowest BCUT2D eigenvalue weighted by molar-refractivity contribution is -0.137. The summed E-state index contributed by atoms with van der Waals surface area (Å²) in [6.07, 6.45) is -4.61. The number of alkyl halides is 3. The third kappa shape index (κ3) is 12.5. The summed E-state index contributed by atoms with van der Waals surface area (Å²) in [5, 5.41) is 19.5. The van der Waals surface area contributed by atoms with E-state index in [1.165, 1.54) is 83.6 Å². The maximum absolute atomic E-state index is 14.8. The third-order valence-corrected chi connectivity index (χ3v) is 23.5. The molecule has 20 rings (SSSR count). The summed E-state index contributed by atoms with van der Waals surface area (Å²) in [4.78, 5) is 4.03. The van der Waals surface area contributed by atoms with Gasteiger partial charge in [-0.3, -0.25) is 0 Å². The molecule has 117 heavy (non-hydrogen) atoms. The Morgan fingerprint density at radius 3 is 1.07 bits per heavy atom. The van der Waals surface area contributed by atoms with E-state index in [1.54, 1.807) is 18.2 Å². The molecule has 4 heterocycles. The lowest BCUT2D eigenvalue weighted by atomic mass is 9.96. The fraction of sp³-hybridized carbons (Fsp3) is 0.0926. The van der Waals surface area contributed by atoms with Crippen molar-refractivity contribution in [2.45, 2.75) is 68.5 Å². The minimum absolute atomic E-state index is 0.331. The highest BCUT2D eigenvalue weighted by Crippen LogP contribution is 2.49. The third-order valence-electron chi connectivity index (χ3n) is 23.5. The van der Waals surface area contributed by atoms with E-state index in [-0.39, 0.29) is 0 Å². The van der Waals surface area contributed by atoms with Crippen LogP contribution in [0.5, 0.6) is 0 Å². The molecule has 562 valence electrons. The first kappa shape index (κ1) is 72.7. The molecule has 9 heteroatoms. The molecule has 4 aromatic heterocycles. The molecular weight excluding hydrogens is 1440 g/mol. The quantitative estimate of drug-likeness (QED) is 0.126. The summed E-state index contributed by atoms with van der Waals surface area (Å²) >= 11 is 0. The monoisotopic (exact) mass is 1520 g/mol. The van der Waals surface area contributed by atoms with Crippen LogP contribution in [-0.4, -0.2) is 18.3 Å². The maximum atomic E-state index is 14.8. The standard InChI is InChI=1S/C54H38F3N3.C54H41N3/c1-32-17-22-39(34(3)27-32)36-19-24-50-44(29-36)41-11-6-8-15-48(41)59(50)51-26-21-38(54(55,56)57)31-46(51)43-13-10-14-47(58-5)53(43)60-49-16-9-7-12-42(49)45-30-37(20-25-52(45)60)40-23-18-33(2)28-35(40)4;1-33-17-20-51(56-49-15-8-6-12-43(49)47-30-38(18-21-52(47)56)41-25-34(2)23-35(3)26-41)46(29-33)45-14-10-11-40(32-55)54(45)57-50-16-9-7-13-44(50)48-31-39(19-22-53(48)57)42-27-36(4)24-37(5)28-42/h6-31H,1-4H3;6-31H,1-5H3. The van der Waals surface area contributed by atoms with E-state index in [2.05, 4.69) is 322 Å². The van der Waals surface area contributed by atoms with Crippen LogP contribution < -0.4 is 0 Å². The number of benzene rings is 16. The lowest BCUT2D eigenvalue weighted by Gasteiger charge is -2.21. The summed E-state index contributed by atoms with van der Waals surface area (Å²) in [6.45, 7) is 27.6. The maximum Gasteiger partial charge on any atom is 0.416 e. The summed E-state index contributed by atoms with van der Waals surface area (Å²) in [5.74, 6) is 0. The number of fused-ring (bicyclic) bond motifs is 12. The van der Waals surface area contributed by atoms with E-state index in [9.17, 15) is 18.4 Å².